The van der Waals surface area contributed by atoms with Crippen LogP contribution in [0.15, 0.2) is 12.1 Å². The van der Waals surface area contributed by atoms with Crippen LogP contribution in [0.2, 0.25) is 0 Å². The number of benzene rings is 1. The van der Waals surface area contributed by atoms with E-state index in [1.807, 2.05) is 4.90 Å². The number of carbonyl (C=O) groups excluding carboxylic acids is 1. The summed E-state index contributed by atoms with van der Waals surface area (Å²) in [5.74, 6) is 0.481. The highest BCUT2D eigenvalue weighted by atomic mass is 32.2. The largest absolute Gasteiger partial charge is 0.494 e. The summed E-state index contributed by atoms with van der Waals surface area (Å²) in [4.78, 5) is 13.9. The van der Waals surface area contributed by atoms with Crippen molar-refractivity contribution in [3.8, 4) is 5.75 Å². The summed E-state index contributed by atoms with van der Waals surface area (Å²) in [7, 11) is 0.509. The van der Waals surface area contributed by atoms with E-state index in [0.29, 0.717) is 23.7 Å². The first-order valence-corrected chi connectivity index (χ1v) is 7.86. The molecule has 0 saturated carbocycles. The molecule has 20 heavy (non-hydrogen) atoms. The van der Waals surface area contributed by atoms with Gasteiger partial charge in [0.1, 0.15) is 0 Å². The molecule has 2 aliphatic rings. The van der Waals surface area contributed by atoms with Crippen LogP contribution >= 0.6 is 0 Å². The first-order valence-electron chi connectivity index (χ1n) is 6.37. The summed E-state index contributed by atoms with van der Waals surface area (Å²) >= 11 is 0. The lowest BCUT2D eigenvalue weighted by atomic mass is 10.1. The molecule has 2 heterocycles. The van der Waals surface area contributed by atoms with E-state index in [1.54, 1.807) is 6.07 Å². The lowest BCUT2D eigenvalue weighted by Crippen LogP contribution is -2.47. The third kappa shape index (κ3) is 2.26. The Labute approximate surface area is 118 Å². The molecule has 2 unspecified atom stereocenters. The van der Waals surface area contributed by atoms with Gasteiger partial charge in [-0.15, -0.1) is 0 Å². The van der Waals surface area contributed by atoms with Crippen LogP contribution in [0.25, 0.3) is 0 Å². The van der Waals surface area contributed by atoms with Crippen molar-refractivity contribution in [3.63, 3.8) is 0 Å². The number of rotatable bonds is 1. The fourth-order valence-corrected chi connectivity index (χ4v) is 4.00. The Morgan fingerprint density at radius 3 is 3.05 bits per heavy atom. The van der Waals surface area contributed by atoms with E-state index in [9.17, 15) is 13.4 Å². The average molecular weight is 298 g/mol. The molecule has 1 saturated heterocycles. The lowest BCUT2D eigenvalue weighted by molar-refractivity contribution is -0.116. The summed E-state index contributed by atoms with van der Waals surface area (Å²) in [6, 6.07) is 2.76. The second-order valence-corrected chi connectivity index (χ2v) is 6.54. The predicted octanol–water partition coefficient (Wildman–Crippen LogP) is 1.11. The molecule has 1 amide bonds. The van der Waals surface area contributed by atoms with Crippen LogP contribution in [0, 0.1) is 5.82 Å². The summed E-state index contributed by atoms with van der Waals surface area (Å²) in [6.45, 7) is 0.591. The third-order valence-electron chi connectivity index (χ3n) is 3.65. The van der Waals surface area contributed by atoms with Gasteiger partial charge in [0.25, 0.3) is 0 Å². The van der Waals surface area contributed by atoms with Crippen LogP contribution in [0.1, 0.15) is 6.42 Å². The van der Waals surface area contributed by atoms with E-state index in [0.717, 1.165) is 5.69 Å². The first-order chi connectivity index (χ1) is 9.58. The highest BCUT2D eigenvalue weighted by Gasteiger charge is 2.33. The minimum atomic E-state index is -0.897. The van der Waals surface area contributed by atoms with Gasteiger partial charge in [-0.05, 0) is 0 Å². The molecule has 0 aromatic heterocycles. The molecular formula is C13H15FN2O3S. The number of amides is 1. The van der Waals surface area contributed by atoms with E-state index in [2.05, 4.69) is 5.32 Å². The molecule has 0 bridgehead atoms. The molecule has 1 N–H and O–H groups in total. The van der Waals surface area contributed by atoms with E-state index in [4.69, 9.17) is 4.74 Å². The van der Waals surface area contributed by atoms with Gasteiger partial charge in [-0.3, -0.25) is 9.00 Å². The zero-order valence-corrected chi connectivity index (χ0v) is 11.8. The Hall–Kier alpha value is -1.63. The number of nitrogens with one attached hydrogen (secondary N) is 1. The third-order valence-corrected chi connectivity index (χ3v) is 5.05. The van der Waals surface area contributed by atoms with Gasteiger partial charge in [-0.1, -0.05) is 0 Å². The molecule has 1 fully saturated rings. The van der Waals surface area contributed by atoms with E-state index < -0.39 is 16.6 Å². The van der Waals surface area contributed by atoms with Crippen molar-refractivity contribution >= 4 is 28.1 Å². The summed E-state index contributed by atoms with van der Waals surface area (Å²) < 4.78 is 30.5. The van der Waals surface area contributed by atoms with Gasteiger partial charge in [-0.2, -0.15) is 0 Å². The van der Waals surface area contributed by atoms with E-state index >= 15 is 0 Å². The molecule has 0 spiro atoms. The molecule has 108 valence electrons. The highest BCUT2D eigenvalue weighted by molar-refractivity contribution is 7.85. The molecule has 2 atom stereocenters. The topological polar surface area (TPSA) is 58.6 Å². The molecule has 1 aromatic rings. The van der Waals surface area contributed by atoms with Crippen LogP contribution < -0.4 is 15.0 Å². The Morgan fingerprint density at radius 2 is 2.30 bits per heavy atom. The Bertz CT molecular complexity index is 593. The average Bonchev–Trinajstić information content (AvgIpc) is 2.52. The Balaban J connectivity index is 2.08. The predicted molar refractivity (Wildman–Crippen MR) is 75.2 cm³/mol. The molecule has 0 aliphatic carbocycles. The number of carbonyl (C=O) groups is 1. The maximum absolute atomic E-state index is 13.8. The standard InChI is InChI=1S/C13H15FN2O3S/c1-19-12-6-11-10(5-9(12)14)15-13(17)4-8-7-20(18)3-2-16(8)11/h5-6,8H,2-4,7H2,1H3,(H,15,17). The summed E-state index contributed by atoms with van der Waals surface area (Å²) in [6.07, 6.45) is 0.268. The number of ether oxygens (including phenoxy) is 1. The second-order valence-electron chi connectivity index (χ2n) is 4.91. The fourth-order valence-electron chi connectivity index (χ4n) is 2.71. The molecule has 0 radical (unpaired) electrons. The SMILES string of the molecule is COc1cc2c(cc1F)NC(=O)CC1CS(=O)CCN21. The lowest BCUT2D eigenvalue weighted by Gasteiger charge is -2.35. The molecule has 1 aromatic carbocycles. The summed E-state index contributed by atoms with van der Waals surface area (Å²) in [5, 5.41) is 2.71. The molecule has 3 rings (SSSR count). The minimum Gasteiger partial charge on any atom is -0.494 e. The number of hydrogen-bond acceptors (Lipinski definition) is 4. The van der Waals surface area contributed by atoms with Crippen LogP contribution in [0.4, 0.5) is 15.8 Å². The number of halogens is 1. The normalized spacial score (nSPS) is 25.3. The van der Waals surface area contributed by atoms with Gasteiger partial charge >= 0.3 is 0 Å². The minimum absolute atomic E-state index is 0.110. The first kappa shape index (κ1) is 13.4. The van der Waals surface area contributed by atoms with Crippen LogP contribution in [-0.2, 0) is 15.6 Å². The second kappa shape index (κ2) is 5.05. The maximum Gasteiger partial charge on any atom is 0.226 e. The van der Waals surface area contributed by atoms with E-state index in [1.165, 1.54) is 13.2 Å². The van der Waals surface area contributed by atoms with Gasteiger partial charge in [0.2, 0.25) is 5.91 Å². The fraction of sp³-hybridized carbons (Fsp3) is 0.462. The van der Waals surface area contributed by atoms with Crippen molar-refractivity contribution in [1.82, 2.24) is 0 Å². The van der Waals surface area contributed by atoms with Crippen LogP contribution in [0.5, 0.6) is 5.75 Å². The van der Waals surface area contributed by atoms with Crippen molar-refractivity contribution in [3.05, 3.63) is 17.9 Å². The maximum atomic E-state index is 13.8. The van der Waals surface area contributed by atoms with Gasteiger partial charge in [0, 0.05) is 53.4 Å². The highest BCUT2D eigenvalue weighted by Crippen LogP contribution is 2.37. The van der Waals surface area contributed by atoms with Crippen molar-refractivity contribution in [2.24, 2.45) is 0 Å². The molecule has 5 nitrogen and oxygen atoms in total. The summed E-state index contributed by atoms with van der Waals surface area (Å²) in [5.41, 5.74) is 1.18. The van der Waals surface area contributed by atoms with Gasteiger partial charge in [-0.25, -0.2) is 4.39 Å². The number of fused-ring (bicyclic) bond motifs is 3. The molecule has 7 heteroatoms. The molecular weight excluding hydrogens is 283 g/mol. The van der Waals surface area contributed by atoms with Crippen molar-refractivity contribution in [2.75, 3.05) is 35.4 Å². The smallest absolute Gasteiger partial charge is 0.226 e. The van der Waals surface area contributed by atoms with Gasteiger partial charge in [0.05, 0.1) is 18.5 Å². The van der Waals surface area contributed by atoms with Crippen molar-refractivity contribution in [2.45, 2.75) is 12.5 Å². The number of nitrogens with zero attached hydrogens (tertiary/aromatic N) is 1. The zero-order valence-electron chi connectivity index (χ0n) is 11.0. The Morgan fingerprint density at radius 1 is 1.50 bits per heavy atom. The monoisotopic (exact) mass is 298 g/mol. The Kier molecular flexibility index (Phi) is 3.37. The zero-order chi connectivity index (χ0) is 14.3. The van der Waals surface area contributed by atoms with Gasteiger partial charge < -0.3 is 15.0 Å². The molecule has 2 aliphatic heterocycles. The van der Waals surface area contributed by atoms with Crippen LogP contribution in [-0.4, -0.2) is 41.3 Å². The quantitative estimate of drug-likeness (QED) is 0.844. The number of methoxy groups -OCH3 is 1. The number of hydrogen-bond donors (Lipinski definition) is 1. The van der Waals surface area contributed by atoms with Gasteiger partial charge in [0.15, 0.2) is 11.6 Å². The van der Waals surface area contributed by atoms with Crippen molar-refractivity contribution < 1.29 is 18.1 Å². The van der Waals surface area contributed by atoms with Crippen LogP contribution in [0.3, 0.4) is 0 Å². The number of anilines is 2. The van der Waals surface area contributed by atoms with E-state index in [-0.39, 0.29) is 24.1 Å². The van der Waals surface area contributed by atoms with Crippen molar-refractivity contribution in [1.29, 1.82) is 0 Å².